The molecule has 3 aromatic rings. The first-order valence-electron chi connectivity index (χ1n) is 11.9. The number of hydrogen-bond acceptors (Lipinski definition) is 6. The van der Waals surface area contributed by atoms with Gasteiger partial charge in [0.15, 0.2) is 0 Å². The van der Waals surface area contributed by atoms with Gasteiger partial charge in [0.1, 0.15) is 5.75 Å². The lowest BCUT2D eigenvalue weighted by Gasteiger charge is -2.33. The Morgan fingerprint density at radius 3 is 1.97 bits per heavy atom. The van der Waals surface area contributed by atoms with Gasteiger partial charge in [-0.1, -0.05) is 29.8 Å². The lowest BCUT2D eigenvalue weighted by Crippen LogP contribution is -2.50. The van der Waals surface area contributed by atoms with Gasteiger partial charge in [-0.15, -0.1) is 0 Å². The van der Waals surface area contributed by atoms with Crippen LogP contribution in [0.5, 0.6) is 5.75 Å². The molecule has 0 radical (unpaired) electrons. The Morgan fingerprint density at radius 1 is 0.816 bits per heavy atom. The van der Waals surface area contributed by atoms with Crippen LogP contribution in [0.3, 0.4) is 0 Å². The monoisotopic (exact) mass is 555 g/mol. The molecule has 4 rings (SSSR count). The Kier molecular flexibility index (Phi) is 8.20. The summed E-state index contributed by atoms with van der Waals surface area (Å²) in [5, 5.41) is 0. The van der Waals surface area contributed by atoms with Crippen molar-refractivity contribution in [3.63, 3.8) is 0 Å². The summed E-state index contributed by atoms with van der Waals surface area (Å²) in [4.78, 5) is 14.6. The number of benzene rings is 3. The average molecular weight is 556 g/mol. The number of rotatable bonds is 8. The van der Waals surface area contributed by atoms with Crippen molar-refractivity contribution in [3.05, 3.63) is 90.0 Å². The molecule has 200 valence electrons. The zero-order chi connectivity index (χ0) is 27.3. The zero-order valence-electron chi connectivity index (χ0n) is 21.1. The summed E-state index contributed by atoms with van der Waals surface area (Å²) in [6, 6.07) is 19.4. The van der Waals surface area contributed by atoms with Crippen molar-refractivity contribution in [1.82, 2.24) is 9.21 Å². The number of anilines is 1. The summed E-state index contributed by atoms with van der Waals surface area (Å²) < 4.78 is 60.1. The van der Waals surface area contributed by atoms with Crippen LogP contribution >= 0.6 is 0 Å². The maximum absolute atomic E-state index is 12.9. The second-order valence-electron chi connectivity index (χ2n) is 8.78. The predicted molar refractivity (Wildman–Crippen MR) is 146 cm³/mol. The van der Waals surface area contributed by atoms with Gasteiger partial charge < -0.3 is 9.64 Å². The molecular weight excluding hydrogens is 526 g/mol. The van der Waals surface area contributed by atoms with Crippen LogP contribution in [-0.4, -0.2) is 65.2 Å². The van der Waals surface area contributed by atoms with E-state index in [1.54, 1.807) is 71.6 Å². The average Bonchev–Trinajstić information content (AvgIpc) is 2.92. The van der Waals surface area contributed by atoms with Crippen molar-refractivity contribution < 1.29 is 26.4 Å². The molecule has 0 atom stereocenters. The van der Waals surface area contributed by atoms with Crippen LogP contribution in [0, 0.1) is 6.92 Å². The van der Waals surface area contributed by atoms with E-state index >= 15 is 0 Å². The highest BCUT2D eigenvalue weighted by Gasteiger charge is 2.29. The topological polar surface area (TPSA) is 113 Å². The van der Waals surface area contributed by atoms with Gasteiger partial charge in [-0.3, -0.25) is 9.52 Å². The van der Waals surface area contributed by atoms with Crippen molar-refractivity contribution in [1.29, 1.82) is 0 Å². The Hall–Kier alpha value is -3.67. The van der Waals surface area contributed by atoms with Crippen LogP contribution < -0.4 is 9.46 Å². The predicted octanol–water partition coefficient (Wildman–Crippen LogP) is 3.35. The number of piperazine rings is 1. The van der Waals surface area contributed by atoms with Crippen LogP contribution in [0.1, 0.15) is 11.1 Å². The highest BCUT2D eigenvalue weighted by molar-refractivity contribution is 7.92. The number of ether oxygens (including phenoxy) is 1. The molecule has 1 amide bonds. The first-order valence-corrected chi connectivity index (χ1v) is 14.8. The van der Waals surface area contributed by atoms with Gasteiger partial charge in [0, 0.05) is 37.9 Å². The van der Waals surface area contributed by atoms with Crippen molar-refractivity contribution >= 4 is 37.7 Å². The van der Waals surface area contributed by atoms with Crippen molar-refractivity contribution in [2.75, 3.05) is 38.0 Å². The van der Waals surface area contributed by atoms with E-state index in [2.05, 4.69) is 4.72 Å². The van der Waals surface area contributed by atoms with E-state index in [4.69, 9.17) is 4.74 Å². The lowest BCUT2D eigenvalue weighted by atomic mass is 10.2. The van der Waals surface area contributed by atoms with E-state index in [1.165, 1.54) is 29.6 Å². The van der Waals surface area contributed by atoms with Crippen molar-refractivity contribution in [2.24, 2.45) is 0 Å². The van der Waals surface area contributed by atoms with Crippen LogP contribution in [-0.2, 0) is 24.8 Å². The van der Waals surface area contributed by atoms with Crippen LogP contribution in [0.25, 0.3) is 6.08 Å². The molecule has 1 N–H and O–H groups in total. The third-order valence-electron chi connectivity index (χ3n) is 6.16. The molecule has 0 aliphatic carbocycles. The van der Waals surface area contributed by atoms with Crippen LogP contribution in [0.2, 0.25) is 0 Å². The number of nitrogens with one attached hydrogen (secondary N) is 1. The normalized spacial score (nSPS) is 14.9. The molecule has 0 unspecified atom stereocenters. The molecule has 38 heavy (non-hydrogen) atoms. The number of carbonyl (C=O) groups is 1. The van der Waals surface area contributed by atoms with E-state index in [9.17, 15) is 21.6 Å². The molecule has 1 aliphatic heterocycles. The van der Waals surface area contributed by atoms with E-state index < -0.39 is 20.0 Å². The first kappa shape index (κ1) is 27.4. The standard InChI is InChI=1S/C27H29N3O6S2/c1-21-3-12-26(13-4-21)38(34,35)30-19-17-29(18-20-30)27(31)16-7-22-5-14-25(15-6-22)37(32,33)28-23-8-10-24(36-2)11-9-23/h3-16,28H,17-20H2,1-2H3. The van der Waals surface area contributed by atoms with Gasteiger partial charge in [-0.2, -0.15) is 4.31 Å². The molecule has 1 heterocycles. The first-order chi connectivity index (χ1) is 18.1. The number of amides is 1. The van der Waals surface area contributed by atoms with Gasteiger partial charge in [-0.25, -0.2) is 16.8 Å². The van der Waals surface area contributed by atoms with Crippen LogP contribution in [0.15, 0.2) is 88.7 Å². The van der Waals surface area contributed by atoms with Gasteiger partial charge in [0.25, 0.3) is 10.0 Å². The molecule has 0 saturated carbocycles. The SMILES string of the molecule is COc1ccc(NS(=O)(=O)c2ccc(C=CC(=O)N3CCN(S(=O)(=O)c4ccc(C)cc4)CC3)cc2)cc1. The molecule has 1 fully saturated rings. The number of aryl methyl sites for hydroxylation is 1. The molecular formula is C27H29N3O6S2. The number of hydrogen-bond donors (Lipinski definition) is 1. The summed E-state index contributed by atoms with van der Waals surface area (Å²) in [5.74, 6) is 0.378. The molecule has 0 bridgehead atoms. The molecule has 1 saturated heterocycles. The largest absolute Gasteiger partial charge is 0.497 e. The minimum Gasteiger partial charge on any atom is -0.497 e. The molecule has 0 spiro atoms. The van der Waals surface area contributed by atoms with Gasteiger partial charge in [0.2, 0.25) is 15.9 Å². The summed E-state index contributed by atoms with van der Waals surface area (Å²) >= 11 is 0. The summed E-state index contributed by atoms with van der Waals surface area (Å²) in [6.45, 7) is 2.88. The fourth-order valence-corrected chi connectivity index (χ4v) is 6.39. The number of carbonyl (C=O) groups excluding carboxylic acids is 1. The maximum atomic E-state index is 12.9. The summed E-state index contributed by atoms with van der Waals surface area (Å²) in [7, 11) is -5.86. The van der Waals surface area contributed by atoms with E-state index in [0.29, 0.717) is 17.0 Å². The Morgan fingerprint density at radius 2 is 1.39 bits per heavy atom. The fourth-order valence-electron chi connectivity index (χ4n) is 3.91. The quantitative estimate of drug-likeness (QED) is 0.427. The third kappa shape index (κ3) is 6.42. The highest BCUT2D eigenvalue weighted by Crippen LogP contribution is 2.21. The van der Waals surface area contributed by atoms with Crippen LogP contribution in [0.4, 0.5) is 5.69 Å². The molecule has 11 heteroatoms. The summed E-state index contributed by atoms with van der Waals surface area (Å²) in [6.07, 6.45) is 3.01. The number of nitrogens with zero attached hydrogens (tertiary/aromatic N) is 2. The Bertz CT molecular complexity index is 1510. The number of sulfonamides is 2. The minimum absolute atomic E-state index is 0.0858. The molecule has 0 aromatic heterocycles. The minimum atomic E-state index is -3.78. The second-order valence-corrected chi connectivity index (χ2v) is 12.4. The van der Waals surface area contributed by atoms with Crippen molar-refractivity contribution in [3.8, 4) is 5.75 Å². The molecule has 3 aromatic carbocycles. The summed E-state index contributed by atoms with van der Waals surface area (Å²) in [5.41, 5.74) is 2.04. The van der Waals surface area contributed by atoms with E-state index in [0.717, 1.165) is 5.56 Å². The smallest absolute Gasteiger partial charge is 0.261 e. The molecule has 9 nitrogen and oxygen atoms in total. The van der Waals surface area contributed by atoms with Crippen molar-refractivity contribution in [2.45, 2.75) is 16.7 Å². The lowest BCUT2D eigenvalue weighted by molar-refractivity contribution is -0.127. The van der Waals surface area contributed by atoms with Gasteiger partial charge in [0.05, 0.1) is 16.9 Å². The zero-order valence-corrected chi connectivity index (χ0v) is 22.7. The van der Waals surface area contributed by atoms with Gasteiger partial charge >= 0.3 is 0 Å². The fraction of sp³-hybridized carbons (Fsp3) is 0.222. The highest BCUT2D eigenvalue weighted by atomic mass is 32.2. The molecule has 1 aliphatic rings. The maximum Gasteiger partial charge on any atom is 0.261 e. The number of methoxy groups -OCH3 is 1. The van der Waals surface area contributed by atoms with E-state index in [-0.39, 0.29) is 41.9 Å². The third-order valence-corrected chi connectivity index (χ3v) is 9.47. The second kappa shape index (κ2) is 11.4. The Balaban J connectivity index is 1.33. The Labute approximate surface area is 223 Å². The van der Waals surface area contributed by atoms with E-state index in [1.807, 2.05) is 6.92 Å². The van der Waals surface area contributed by atoms with Gasteiger partial charge in [-0.05, 0) is 67.1 Å².